The molecule has 158 valence electrons. The molecule has 0 bridgehead atoms. The van der Waals surface area contributed by atoms with Gasteiger partial charge in [-0.25, -0.2) is 8.42 Å². The molecule has 6 nitrogen and oxygen atoms in total. The van der Waals surface area contributed by atoms with Gasteiger partial charge in [0.2, 0.25) is 0 Å². The third-order valence-electron chi connectivity index (χ3n) is 5.36. The van der Waals surface area contributed by atoms with Crippen LogP contribution in [0.4, 0.5) is 0 Å². The number of hydrogen-bond acceptors (Lipinski definition) is 4. The van der Waals surface area contributed by atoms with E-state index in [0.717, 1.165) is 57.2 Å². The molecular weight excluding hydrogens is 489 g/mol. The smallest absolute Gasteiger partial charge is 0.193 e. The average Bonchev–Trinajstić information content (AvgIpc) is 3.28. The number of halogens is 1. The molecule has 8 heteroatoms. The van der Waals surface area contributed by atoms with Gasteiger partial charge in [0.15, 0.2) is 15.8 Å². The Morgan fingerprint density at radius 2 is 2.07 bits per heavy atom. The summed E-state index contributed by atoms with van der Waals surface area (Å²) in [6.45, 7) is 7.07. The summed E-state index contributed by atoms with van der Waals surface area (Å²) in [5.74, 6) is 1.18. The number of benzene rings is 1. The summed E-state index contributed by atoms with van der Waals surface area (Å²) in [5, 5.41) is 3.35. The van der Waals surface area contributed by atoms with E-state index in [-0.39, 0.29) is 40.9 Å². The second-order valence-electron chi connectivity index (χ2n) is 7.64. The Labute approximate surface area is 186 Å². The number of ether oxygens (including phenoxy) is 1. The highest BCUT2D eigenvalue weighted by molar-refractivity contribution is 14.0. The van der Waals surface area contributed by atoms with Crippen LogP contribution in [0.15, 0.2) is 35.3 Å². The van der Waals surface area contributed by atoms with Gasteiger partial charge in [0.05, 0.1) is 18.1 Å². The maximum atomic E-state index is 12.3. The molecule has 0 saturated carbocycles. The monoisotopic (exact) mass is 521 g/mol. The van der Waals surface area contributed by atoms with Crippen LogP contribution < -0.4 is 5.32 Å². The number of aliphatic imine (C=N–C) groups is 1. The van der Waals surface area contributed by atoms with Crippen molar-refractivity contribution in [3.63, 3.8) is 0 Å². The van der Waals surface area contributed by atoms with Gasteiger partial charge in [-0.1, -0.05) is 30.3 Å². The summed E-state index contributed by atoms with van der Waals surface area (Å²) in [5.41, 5.74) is 1.13. The number of nitrogens with one attached hydrogen (secondary N) is 1. The van der Waals surface area contributed by atoms with E-state index in [2.05, 4.69) is 22.1 Å². The first-order valence-corrected chi connectivity index (χ1v) is 11.7. The van der Waals surface area contributed by atoms with E-state index >= 15 is 0 Å². The second-order valence-corrected chi connectivity index (χ2v) is 9.83. The van der Waals surface area contributed by atoms with Gasteiger partial charge in [0, 0.05) is 38.2 Å². The van der Waals surface area contributed by atoms with Gasteiger partial charge in [-0.15, -0.1) is 24.0 Å². The van der Waals surface area contributed by atoms with Crippen molar-refractivity contribution >= 4 is 39.8 Å². The molecule has 2 saturated heterocycles. The lowest BCUT2D eigenvalue weighted by atomic mass is 9.87. The van der Waals surface area contributed by atoms with E-state index in [9.17, 15) is 8.42 Å². The third kappa shape index (κ3) is 6.59. The van der Waals surface area contributed by atoms with Crippen LogP contribution in [0.3, 0.4) is 0 Å². The number of nitrogens with zero attached hydrogens (tertiary/aromatic N) is 2. The predicted octanol–water partition coefficient (Wildman–Crippen LogP) is 2.69. The molecule has 1 unspecified atom stereocenters. The minimum atomic E-state index is -3.10. The maximum Gasteiger partial charge on any atom is 0.193 e. The van der Waals surface area contributed by atoms with E-state index in [1.54, 1.807) is 0 Å². The first-order valence-electron chi connectivity index (χ1n) is 9.87. The molecule has 1 spiro atoms. The van der Waals surface area contributed by atoms with Gasteiger partial charge >= 0.3 is 0 Å². The molecule has 0 amide bonds. The molecule has 0 aromatic heterocycles. The van der Waals surface area contributed by atoms with E-state index in [1.165, 1.54) is 0 Å². The van der Waals surface area contributed by atoms with Crippen LogP contribution in [-0.4, -0.2) is 64.4 Å². The van der Waals surface area contributed by atoms with Gasteiger partial charge in [-0.2, -0.15) is 0 Å². The number of likely N-dealkylation sites (tertiary alicyclic amines) is 1. The minimum Gasteiger partial charge on any atom is -0.381 e. The molecule has 28 heavy (non-hydrogen) atoms. The molecule has 1 atom stereocenters. The molecular formula is C20H32IN3O3S. The predicted molar refractivity (Wildman–Crippen MR) is 124 cm³/mol. The van der Waals surface area contributed by atoms with Gasteiger partial charge in [0.1, 0.15) is 0 Å². The molecule has 1 N–H and O–H groups in total. The average molecular weight is 521 g/mol. The molecule has 0 aliphatic carbocycles. The van der Waals surface area contributed by atoms with Crippen LogP contribution in [0.25, 0.3) is 0 Å². The Morgan fingerprint density at radius 3 is 2.75 bits per heavy atom. The first-order chi connectivity index (χ1) is 13.0. The van der Waals surface area contributed by atoms with Crippen molar-refractivity contribution in [1.82, 2.24) is 10.2 Å². The topological polar surface area (TPSA) is 71.0 Å². The van der Waals surface area contributed by atoms with Crippen LogP contribution >= 0.6 is 24.0 Å². The molecule has 2 aliphatic heterocycles. The molecule has 1 aromatic rings. The standard InChI is InChI=1S/C20H31N3O3S.HI/c1-2-21-19(23-12-9-20(16-23)10-13-26-17-20)22-11-6-14-27(24,25)15-18-7-4-3-5-8-18;/h3-5,7-8H,2,6,9-17H2,1H3,(H,21,22);1H. The summed E-state index contributed by atoms with van der Waals surface area (Å²) in [7, 11) is -3.10. The van der Waals surface area contributed by atoms with E-state index in [1.807, 2.05) is 30.3 Å². The minimum absolute atomic E-state index is 0. The number of sulfone groups is 1. The summed E-state index contributed by atoms with van der Waals surface area (Å²) < 4.78 is 30.2. The summed E-state index contributed by atoms with van der Waals surface area (Å²) in [4.78, 5) is 6.99. The number of rotatable bonds is 7. The lowest BCUT2D eigenvalue weighted by Crippen LogP contribution is -2.41. The summed E-state index contributed by atoms with van der Waals surface area (Å²) in [6.07, 6.45) is 2.82. The van der Waals surface area contributed by atoms with E-state index in [0.29, 0.717) is 13.0 Å². The van der Waals surface area contributed by atoms with Crippen molar-refractivity contribution in [2.24, 2.45) is 10.4 Å². The van der Waals surface area contributed by atoms with E-state index in [4.69, 9.17) is 4.74 Å². The van der Waals surface area contributed by atoms with Gasteiger partial charge in [0.25, 0.3) is 0 Å². The fourth-order valence-electron chi connectivity index (χ4n) is 3.88. The zero-order chi connectivity index (χ0) is 19.2. The Bertz CT molecular complexity index is 734. The zero-order valence-corrected chi connectivity index (χ0v) is 19.7. The molecule has 3 rings (SSSR count). The maximum absolute atomic E-state index is 12.3. The highest BCUT2D eigenvalue weighted by Gasteiger charge is 2.42. The van der Waals surface area contributed by atoms with Crippen LogP contribution in [0.2, 0.25) is 0 Å². The summed E-state index contributed by atoms with van der Waals surface area (Å²) in [6, 6.07) is 9.35. The number of guanidine groups is 1. The summed E-state index contributed by atoms with van der Waals surface area (Å²) >= 11 is 0. The van der Waals surface area contributed by atoms with E-state index < -0.39 is 9.84 Å². The van der Waals surface area contributed by atoms with Crippen molar-refractivity contribution in [2.45, 2.75) is 31.9 Å². The SMILES string of the molecule is CCNC(=NCCCS(=O)(=O)Cc1ccccc1)N1CCC2(CCOC2)C1.I. The molecule has 1 aromatic carbocycles. The molecule has 2 aliphatic rings. The zero-order valence-electron chi connectivity index (χ0n) is 16.6. The lowest BCUT2D eigenvalue weighted by Gasteiger charge is -2.25. The fourth-order valence-corrected chi connectivity index (χ4v) is 5.30. The Morgan fingerprint density at radius 1 is 1.29 bits per heavy atom. The van der Waals surface area contributed by atoms with Crippen LogP contribution in [0.5, 0.6) is 0 Å². The van der Waals surface area contributed by atoms with Gasteiger partial charge in [-0.05, 0) is 31.7 Å². The molecule has 0 radical (unpaired) electrons. The molecule has 2 heterocycles. The lowest BCUT2D eigenvalue weighted by molar-refractivity contribution is 0.156. The van der Waals surface area contributed by atoms with Gasteiger partial charge in [-0.3, -0.25) is 4.99 Å². The quantitative estimate of drug-likeness (QED) is 0.259. The first kappa shape index (κ1) is 23.4. The normalized spacial score (nSPS) is 22.5. The number of hydrogen-bond donors (Lipinski definition) is 1. The van der Waals surface area contributed by atoms with Crippen LogP contribution in [0, 0.1) is 5.41 Å². The largest absolute Gasteiger partial charge is 0.381 e. The fraction of sp³-hybridized carbons (Fsp3) is 0.650. The third-order valence-corrected chi connectivity index (χ3v) is 7.05. The van der Waals surface area contributed by atoms with Crippen LogP contribution in [0.1, 0.15) is 31.7 Å². The highest BCUT2D eigenvalue weighted by atomic mass is 127. The van der Waals surface area contributed by atoms with Crippen LogP contribution in [-0.2, 0) is 20.3 Å². The second kappa shape index (κ2) is 10.8. The Kier molecular flexibility index (Phi) is 9.01. The van der Waals surface area contributed by atoms with Crippen molar-refractivity contribution in [1.29, 1.82) is 0 Å². The Balaban J connectivity index is 0.00000280. The highest BCUT2D eigenvalue weighted by Crippen LogP contribution is 2.38. The Hall–Kier alpha value is -0.870. The molecule has 2 fully saturated rings. The van der Waals surface area contributed by atoms with Crippen molar-refractivity contribution < 1.29 is 13.2 Å². The van der Waals surface area contributed by atoms with Crippen molar-refractivity contribution in [3.8, 4) is 0 Å². The van der Waals surface area contributed by atoms with Gasteiger partial charge < -0.3 is 15.0 Å². The van der Waals surface area contributed by atoms with Crippen molar-refractivity contribution in [3.05, 3.63) is 35.9 Å². The van der Waals surface area contributed by atoms with Crippen molar-refractivity contribution in [2.75, 3.05) is 45.1 Å².